The van der Waals surface area contributed by atoms with Crippen LogP contribution in [0.15, 0.2) is 0 Å². The molecule has 0 aromatic heterocycles. The summed E-state index contributed by atoms with van der Waals surface area (Å²) in [5, 5.41) is 3.76. The fourth-order valence-electron chi connectivity index (χ4n) is 2.79. The van der Waals surface area contributed by atoms with Gasteiger partial charge in [0.25, 0.3) is 0 Å². The third kappa shape index (κ3) is 3.44. The normalized spacial score (nSPS) is 28.5. The molecule has 0 amide bonds. The summed E-state index contributed by atoms with van der Waals surface area (Å²) in [6.07, 6.45) is 6.65. The van der Waals surface area contributed by atoms with Crippen LogP contribution < -0.4 is 5.32 Å². The molecular weight excluding hydrogens is 200 g/mol. The van der Waals surface area contributed by atoms with E-state index in [0.29, 0.717) is 12.1 Å². The average Bonchev–Trinajstić information content (AvgIpc) is 3.01. The first-order valence-corrected chi connectivity index (χ1v) is 6.82. The van der Waals surface area contributed by atoms with Crippen LogP contribution >= 0.6 is 0 Å². The third-order valence-corrected chi connectivity index (χ3v) is 3.76. The standard InChI is InChI=1S/C13H26N2O/c1-3-4-12(10-16-2)14-11-7-8-15(9-11)13-5-6-13/h11-14H,3-10H2,1-2H3. The number of likely N-dealkylation sites (tertiary alicyclic amines) is 1. The monoisotopic (exact) mass is 226 g/mol. The number of rotatable bonds is 7. The highest BCUT2D eigenvalue weighted by atomic mass is 16.5. The van der Waals surface area contributed by atoms with Gasteiger partial charge in [0.05, 0.1) is 6.61 Å². The van der Waals surface area contributed by atoms with Crippen LogP contribution in [0.25, 0.3) is 0 Å². The maximum absolute atomic E-state index is 5.28. The summed E-state index contributed by atoms with van der Waals surface area (Å²) in [7, 11) is 1.80. The van der Waals surface area contributed by atoms with Gasteiger partial charge in [0.2, 0.25) is 0 Å². The third-order valence-electron chi connectivity index (χ3n) is 3.76. The van der Waals surface area contributed by atoms with Crippen LogP contribution in [0.4, 0.5) is 0 Å². The second-order valence-electron chi connectivity index (χ2n) is 5.32. The van der Waals surface area contributed by atoms with Gasteiger partial charge in [-0.1, -0.05) is 13.3 Å². The first-order chi connectivity index (χ1) is 7.83. The summed E-state index contributed by atoms with van der Waals surface area (Å²) < 4.78 is 5.28. The molecule has 0 bridgehead atoms. The minimum Gasteiger partial charge on any atom is -0.383 e. The summed E-state index contributed by atoms with van der Waals surface area (Å²) in [5.74, 6) is 0. The van der Waals surface area contributed by atoms with Crippen LogP contribution in [0.3, 0.4) is 0 Å². The average molecular weight is 226 g/mol. The molecule has 1 saturated heterocycles. The second kappa shape index (κ2) is 5.99. The van der Waals surface area contributed by atoms with E-state index in [0.717, 1.165) is 12.6 Å². The minimum absolute atomic E-state index is 0.555. The Bertz CT molecular complexity index is 200. The van der Waals surface area contributed by atoms with Gasteiger partial charge in [-0.2, -0.15) is 0 Å². The minimum atomic E-state index is 0.555. The Kier molecular flexibility index (Phi) is 4.62. The van der Waals surface area contributed by atoms with Crippen LogP contribution in [0.1, 0.15) is 39.0 Å². The highest BCUT2D eigenvalue weighted by Gasteiger charge is 2.34. The molecule has 2 fully saturated rings. The molecule has 94 valence electrons. The largest absolute Gasteiger partial charge is 0.383 e. The number of methoxy groups -OCH3 is 1. The van der Waals surface area contributed by atoms with Crippen molar-refractivity contribution in [2.45, 2.75) is 57.2 Å². The predicted molar refractivity (Wildman–Crippen MR) is 66.7 cm³/mol. The summed E-state index contributed by atoms with van der Waals surface area (Å²) in [4.78, 5) is 2.66. The molecule has 16 heavy (non-hydrogen) atoms. The van der Waals surface area contributed by atoms with E-state index < -0.39 is 0 Å². The lowest BCUT2D eigenvalue weighted by Crippen LogP contribution is -2.42. The summed E-state index contributed by atoms with van der Waals surface area (Å²) >= 11 is 0. The molecule has 3 nitrogen and oxygen atoms in total. The van der Waals surface area contributed by atoms with E-state index in [2.05, 4.69) is 17.1 Å². The van der Waals surface area contributed by atoms with E-state index in [1.165, 1.54) is 45.2 Å². The van der Waals surface area contributed by atoms with Crippen molar-refractivity contribution in [3.8, 4) is 0 Å². The molecule has 2 unspecified atom stereocenters. The van der Waals surface area contributed by atoms with Crippen molar-refractivity contribution >= 4 is 0 Å². The quantitative estimate of drug-likeness (QED) is 0.714. The SMILES string of the molecule is CCCC(COC)NC1CCN(C2CC2)C1. The molecule has 1 heterocycles. The molecule has 2 atom stereocenters. The summed E-state index contributed by atoms with van der Waals surface area (Å²) in [6, 6.07) is 2.19. The van der Waals surface area contributed by atoms with Gasteiger partial charge in [0.15, 0.2) is 0 Å². The Hall–Kier alpha value is -0.120. The fourth-order valence-corrected chi connectivity index (χ4v) is 2.79. The summed E-state index contributed by atoms with van der Waals surface area (Å²) in [6.45, 7) is 5.66. The number of nitrogens with zero attached hydrogens (tertiary/aromatic N) is 1. The maximum atomic E-state index is 5.28. The number of nitrogens with one attached hydrogen (secondary N) is 1. The smallest absolute Gasteiger partial charge is 0.0615 e. The van der Waals surface area contributed by atoms with Gasteiger partial charge in [-0.25, -0.2) is 0 Å². The highest BCUT2D eigenvalue weighted by molar-refractivity contribution is 4.92. The zero-order valence-electron chi connectivity index (χ0n) is 10.7. The molecule has 1 N–H and O–H groups in total. The van der Waals surface area contributed by atoms with Crippen molar-refractivity contribution in [2.75, 3.05) is 26.8 Å². The van der Waals surface area contributed by atoms with E-state index in [1.54, 1.807) is 7.11 Å². The van der Waals surface area contributed by atoms with Crippen LogP contribution in [0.2, 0.25) is 0 Å². The second-order valence-corrected chi connectivity index (χ2v) is 5.32. The van der Waals surface area contributed by atoms with Crippen LogP contribution in [0.5, 0.6) is 0 Å². The maximum Gasteiger partial charge on any atom is 0.0615 e. The molecule has 0 radical (unpaired) electrons. The van der Waals surface area contributed by atoms with Crippen molar-refractivity contribution < 1.29 is 4.74 Å². The van der Waals surface area contributed by atoms with Crippen molar-refractivity contribution in [2.24, 2.45) is 0 Å². The van der Waals surface area contributed by atoms with Gasteiger partial charge in [-0.3, -0.25) is 4.90 Å². The van der Waals surface area contributed by atoms with Crippen LogP contribution in [0, 0.1) is 0 Å². The van der Waals surface area contributed by atoms with E-state index in [9.17, 15) is 0 Å². The van der Waals surface area contributed by atoms with Gasteiger partial charge < -0.3 is 10.1 Å². The van der Waals surface area contributed by atoms with E-state index in [-0.39, 0.29) is 0 Å². The van der Waals surface area contributed by atoms with Crippen molar-refractivity contribution in [1.82, 2.24) is 10.2 Å². The zero-order valence-corrected chi connectivity index (χ0v) is 10.7. The van der Waals surface area contributed by atoms with Gasteiger partial charge in [-0.15, -0.1) is 0 Å². The van der Waals surface area contributed by atoms with Crippen molar-refractivity contribution in [3.63, 3.8) is 0 Å². The lowest BCUT2D eigenvalue weighted by Gasteiger charge is -2.22. The fraction of sp³-hybridized carbons (Fsp3) is 1.00. The van der Waals surface area contributed by atoms with Gasteiger partial charge in [0.1, 0.15) is 0 Å². The number of ether oxygens (including phenoxy) is 1. The summed E-state index contributed by atoms with van der Waals surface area (Å²) in [5.41, 5.74) is 0. The number of hydrogen-bond donors (Lipinski definition) is 1. The Morgan fingerprint density at radius 1 is 1.38 bits per heavy atom. The molecule has 3 heteroatoms. The van der Waals surface area contributed by atoms with Gasteiger partial charge in [-0.05, 0) is 25.7 Å². The van der Waals surface area contributed by atoms with Crippen LogP contribution in [-0.4, -0.2) is 49.8 Å². The molecule has 0 spiro atoms. The van der Waals surface area contributed by atoms with E-state index in [4.69, 9.17) is 4.74 Å². The predicted octanol–water partition coefficient (Wildman–Crippen LogP) is 1.63. The molecule has 1 saturated carbocycles. The lowest BCUT2D eigenvalue weighted by atomic mass is 10.1. The molecule has 1 aliphatic heterocycles. The van der Waals surface area contributed by atoms with E-state index >= 15 is 0 Å². The molecule has 2 rings (SSSR count). The van der Waals surface area contributed by atoms with Gasteiger partial charge >= 0.3 is 0 Å². The lowest BCUT2D eigenvalue weighted by molar-refractivity contribution is 0.155. The van der Waals surface area contributed by atoms with Crippen molar-refractivity contribution in [3.05, 3.63) is 0 Å². The topological polar surface area (TPSA) is 24.5 Å². The van der Waals surface area contributed by atoms with E-state index in [1.807, 2.05) is 0 Å². The first kappa shape index (κ1) is 12.3. The highest BCUT2D eigenvalue weighted by Crippen LogP contribution is 2.29. The zero-order chi connectivity index (χ0) is 11.4. The molecule has 2 aliphatic rings. The Morgan fingerprint density at radius 2 is 2.19 bits per heavy atom. The van der Waals surface area contributed by atoms with Gasteiger partial charge in [0, 0.05) is 38.3 Å². The Morgan fingerprint density at radius 3 is 2.81 bits per heavy atom. The van der Waals surface area contributed by atoms with Crippen LogP contribution in [-0.2, 0) is 4.74 Å². The molecular formula is C13H26N2O. The first-order valence-electron chi connectivity index (χ1n) is 6.82. The Labute approximate surface area is 99.5 Å². The molecule has 1 aliphatic carbocycles. The molecule has 0 aromatic rings. The van der Waals surface area contributed by atoms with Crippen molar-refractivity contribution in [1.29, 1.82) is 0 Å². The Balaban J connectivity index is 1.70. The number of hydrogen-bond acceptors (Lipinski definition) is 3. The molecule has 0 aromatic carbocycles.